The molecule has 1 N–H and O–H groups in total. The fourth-order valence-electron chi connectivity index (χ4n) is 5.40. The van der Waals surface area contributed by atoms with Gasteiger partial charge in [0.25, 0.3) is 0 Å². The smallest absolute Gasteiger partial charge is 0.0490 e. The van der Waals surface area contributed by atoms with Crippen molar-refractivity contribution in [3.8, 4) is 0 Å². The fourth-order valence-corrected chi connectivity index (χ4v) is 6.39. The number of fused-ring (bicyclic) bond motifs is 3. The molecule has 2 aliphatic carbocycles. The van der Waals surface area contributed by atoms with Crippen LogP contribution in [0.25, 0.3) is 0 Å². The van der Waals surface area contributed by atoms with Gasteiger partial charge in [-0.3, -0.25) is 0 Å². The van der Waals surface area contributed by atoms with E-state index in [-0.39, 0.29) is 17.4 Å². The van der Waals surface area contributed by atoms with E-state index in [1.807, 2.05) is 0 Å². The van der Waals surface area contributed by atoms with E-state index in [2.05, 4.69) is 33.8 Å². The minimum atomic E-state index is 0.0142. The first-order valence-corrected chi connectivity index (χ1v) is 9.62. The molecule has 1 aromatic rings. The summed E-state index contributed by atoms with van der Waals surface area (Å²) >= 11 is 13.4. The van der Waals surface area contributed by atoms with Gasteiger partial charge in [-0.1, -0.05) is 57.3 Å². The average Bonchev–Trinajstić information content (AvgIpc) is 2.47. The summed E-state index contributed by atoms with van der Waals surface area (Å²) in [6, 6.07) is 2.19. The molecule has 0 aliphatic heterocycles. The molecule has 23 heavy (non-hydrogen) atoms. The zero-order valence-electron chi connectivity index (χ0n) is 14.7. The molecular formula is C20H28Cl2O. The number of benzene rings is 1. The van der Waals surface area contributed by atoms with Gasteiger partial charge >= 0.3 is 0 Å². The Labute approximate surface area is 150 Å². The summed E-state index contributed by atoms with van der Waals surface area (Å²) in [5.41, 5.74) is 3.83. The van der Waals surface area contributed by atoms with E-state index in [1.165, 1.54) is 11.1 Å². The molecule has 0 heterocycles. The lowest BCUT2D eigenvalue weighted by atomic mass is 9.50. The summed E-state index contributed by atoms with van der Waals surface area (Å²) in [6.45, 7) is 9.19. The lowest BCUT2D eigenvalue weighted by molar-refractivity contribution is -0.0178. The Balaban J connectivity index is 2.18. The van der Waals surface area contributed by atoms with Gasteiger partial charge in [0, 0.05) is 16.7 Å². The molecule has 0 amide bonds. The van der Waals surface area contributed by atoms with Crippen molar-refractivity contribution in [3.05, 3.63) is 32.8 Å². The van der Waals surface area contributed by atoms with Crippen LogP contribution >= 0.6 is 23.2 Å². The van der Waals surface area contributed by atoms with E-state index < -0.39 is 0 Å². The normalized spacial score (nSPS) is 33.5. The van der Waals surface area contributed by atoms with Crippen molar-refractivity contribution in [3.63, 3.8) is 0 Å². The first kappa shape index (κ1) is 17.6. The van der Waals surface area contributed by atoms with Gasteiger partial charge < -0.3 is 5.11 Å². The van der Waals surface area contributed by atoms with Crippen LogP contribution in [0.1, 0.15) is 76.0 Å². The van der Waals surface area contributed by atoms with E-state index in [4.69, 9.17) is 23.2 Å². The Hall–Kier alpha value is -0.240. The largest absolute Gasteiger partial charge is 0.396 e. The van der Waals surface area contributed by atoms with Gasteiger partial charge in [0.2, 0.25) is 0 Å². The molecule has 0 bridgehead atoms. The predicted molar refractivity (Wildman–Crippen MR) is 98.8 cm³/mol. The van der Waals surface area contributed by atoms with Gasteiger partial charge in [-0.15, -0.1) is 0 Å². The van der Waals surface area contributed by atoms with Crippen LogP contribution in [-0.2, 0) is 11.8 Å². The molecule has 0 saturated heterocycles. The number of aliphatic hydroxyl groups excluding tert-OH is 1. The maximum absolute atomic E-state index is 10.0. The monoisotopic (exact) mass is 354 g/mol. The van der Waals surface area contributed by atoms with Crippen LogP contribution in [0.15, 0.2) is 6.07 Å². The van der Waals surface area contributed by atoms with Gasteiger partial charge in [-0.05, 0) is 71.1 Å². The third-order valence-corrected chi connectivity index (χ3v) is 7.39. The minimum Gasteiger partial charge on any atom is -0.396 e. The maximum Gasteiger partial charge on any atom is 0.0490 e. The Bertz CT molecular complexity index is 625. The fraction of sp³-hybridized carbons (Fsp3) is 0.700. The number of aliphatic hydroxyl groups is 1. The summed E-state index contributed by atoms with van der Waals surface area (Å²) in [5, 5.41) is 11.7. The summed E-state index contributed by atoms with van der Waals surface area (Å²) < 4.78 is 0. The molecule has 128 valence electrons. The van der Waals surface area contributed by atoms with Gasteiger partial charge in [0.15, 0.2) is 0 Å². The van der Waals surface area contributed by atoms with Crippen LogP contribution in [0.3, 0.4) is 0 Å². The third-order valence-electron chi connectivity index (χ3n) is 6.65. The zero-order chi connectivity index (χ0) is 17.0. The van der Waals surface area contributed by atoms with Crippen LogP contribution in [0, 0.1) is 11.3 Å². The topological polar surface area (TPSA) is 20.2 Å². The molecule has 0 aromatic heterocycles. The second kappa shape index (κ2) is 5.93. The second-order valence-electron chi connectivity index (χ2n) is 8.44. The van der Waals surface area contributed by atoms with Crippen molar-refractivity contribution in [1.82, 2.24) is 0 Å². The van der Waals surface area contributed by atoms with Gasteiger partial charge in [0.1, 0.15) is 0 Å². The molecule has 0 radical (unpaired) electrons. The Morgan fingerprint density at radius 2 is 1.96 bits per heavy atom. The van der Waals surface area contributed by atoms with E-state index in [9.17, 15) is 5.11 Å². The van der Waals surface area contributed by atoms with Crippen LogP contribution < -0.4 is 0 Å². The number of halogens is 2. The number of rotatable bonds is 2. The van der Waals surface area contributed by atoms with Crippen molar-refractivity contribution in [2.75, 3.05) is 6.61 Å². The van der Waals surface area contributed by atoms with Gasteiger partial charge in [0.05, 0.1) is 0 Å². The Kier molecular flexibility index (Phi) is 4.53. The Morgan fingerprint density at radius 1 is 1.26 bits per heavy atom. The molecule has 0 unspecified atom stereocenters. The van der Waals surface area contributed by atoms with E-state index in [0.29, 0.717) is 11.8 Å². The lowest BCUT2D eigenvalue weighted by Gasteiger charge is -2.55. The van der Waals surface area contributed by atoms with Crippen molar-refractivity contribution >= 4 is 23.2 Å². The van der Waals surface area contributed by atoms with E-state index in [1.54, 1.807) is 0 Å². The molecule has 3 heteroatoms. The van der Waals surface area contributed by atoms with Crippen LogP contribution in [0.4, 0.5) is 0 Å². The molecule has 1 nitrogen and oxygen atoms in total. The van der Waals surface area contributed by atoms with Gasteiger partial charge in [-0.2, -0.15) is 0 Å². The first-order valence-electron chi connectivity index (χ1n) is 8.86. The SMILES string of the molecule is CC(C)c1c(Cl)cc2c(c1Cl)CC[C@H]1[C@](C)(CO)CCC[C@@]21C. The maximum atomic E-state index is 10.0. The van der Waals surface area contributed by atoms with E-state index >= 15 is 0 Å². The quantitative estimate of drug-likeness (QED) is 0.678. The highest BCUT2D eigenvalue weighted by Gasteiger charge is 2.52. The molecule has 1 aromatic carbocycles. The van der Waals surface area contributed by atoms with Crippen molar-refractivity contribution in [1.29, 1.82) is 0 Å². The third kappa shape index (κ3) is 2.55. The van der Waals surface area contributed by atoms with Crippen molar-refractivity contribution in [2.24, 2.45) is 11.3 Å². The summed E-state index contributed by atoms with van der Waals surface area (Å²) in [5.74, 6) is 0.832. The van der Waals surface area contributed by atoms with Crippen molar-refractivity contribution in [2.45, 2.75) is 71.1 Å². The predicted octanol–water partition coefficient (Wildman–Crippen LogP) is 6.12. The van der Waals surface area contributed by atoms with Crippen LogP contribution in [-0.4, -0.2) is 11.7 Å². The van der Waals surface area contributed by atoms with Crippen LogP contribution in [0.2, 0.25) is 10.0 Å². The number of hydrogen-bond acceptors (Lipinski definition) is 1. The van der Waals surface area contributed by atoms with E-state index in [0.717, 1.165) is 47.7 Å². The van der Waals surface area contributed by atoms with Crippen LogP contribution in [0.5, 0.6) is 0 Å². The average molecular weight is 355 g/mol. The van der Waals surface area contributed by atoms with Crippen molar-refractivity contribution < 1.29 is 5.11 Å². The zero-order valence-corrected chi connectivity index (χ0v) is 16.2. The Morgan fingerprint density at radius 3 is 2.57 bits per heavy atom. The second-order valence-corrected chi connectivity index (χ2v) is 9.23. The molecule has 0 spiro atoms. The molecule has 1 saturated carbocycles. The standard InChI is InChI=1S/C20H28Cl2O/c1-12(2)17-15(21)10-14-13(18(17)22)6-7-16-19(3,11-23)8-5-9-20(14,16)4/h10,12,16,23H,5-9,11H2,1-4H3/t16-,19-,20-/m0/s1. The lowest BCUT2D eigenvalue weighted by Crippen LogP contribution is -2.50. The summed E-state index contributed by atoms with van der Waals surface area (Å²) in [4.78, 5) is 0. The molecular weight excluding hydrogens is 327 g/mol. The summed E-state index contributed by atoms with van der Waals surface area (Å²) in [7, 11) is 0. The highest BCUT2D eigenvalue weighted by molar-refractivity contribution is 6.36. The number of hydrogen-bond donors (Lipinski definition) is 1. The highest BCUT2D eigenvalue weighted by Crippen LogP contribution is 2.58. The molecule has 1 fully saturated rings. The summed E-state index contributed by atoms with van der Waals surface area (Å²) in [6.07, 6.45) is 5.55. The highest BCUT2D eigenvalue weighted by atomic mass is 35.5. The van der Waals surface area contributed by atoms with Gasteiger partial charge in [-0.25, -0.2) is 0 Å². The molecule has 2 aliphatic rings. The minimum absolute atomic E-state index is 0.0142. The molecule has 3 rings (SSSR count). The molecule has 3 atom stereocenters. The first-order chi connectivity index (χ1) is 10.7.